The van der Waals surface area contributed by atoms with Crippen molar-refractivity contribution in [2.45, 2.75) is 14.7 Å². The summed E-state index contributed by atoms with van der Waals surface area (Å²) in [6.45, 7) is 0. The van der Waals surface area contributed by atoms with Crippen LogP contribution in [0, 0.1) is 0 Å². The van der Waals surface area contributed by atoms with Crippen LogP contribution >= 0.6 is 0 Å². The first-order valence-corrected chi connectivity index (χ1v) is 24.2. The quantitative estimate of drug-likeness (QED) is 0.116. The fourth-order valence-corrected chi connectivity index (χ4v) is 12.3. The Kier molecular flexibility index (Phi) is 13.4. The molecule has 0 fully saturated rings. The third-order valence-corrected chi connectivity index (χ3v) is 16.1. The SMILES string of the molecule is COc1ccc(-c2ccc3c4[n]5c(c3c2)=NC2=NC(=Nc3c6ccc(S(=O)(=O)[O-])cc6c([n]3[Ga]5)N=C3N=C(N=4)c4cc(S(=O)(=O)[O-])ccc43)c3cc(S(=O)(=O)[O-])ccc32)cc1.O.[Na+].[Na+].[Na+]. The number of fused-ring (bicyclic) bond motifs is 14. The molecule has 2 aromatic heterocycles. The third-order valence-electron chi connectivity index (χ3n) is 10.6. The maximum Gasteiger partial charge on any atom is 1.00 e. The van der Waals surface area contributed by atoms with Crippen LogP contribution in [0.15, 0.2) is 142 Å². The molecule has 1 radical (unpaired) electrons. The molecule has 19 nitrogen and oxygen atoms in total. The summed E-state index contributed by atoms with van der Waals surface area (Å²) < 4.78 is 120. The molecule has 2 N–H and O–H groups in total. The van der Waals surface area contributed by atoms with Crippen LogP contribution in [0.5, 0.6) is 5.75 Å². The molecule has 0 saturated heterocycles. The number of rotatable bonds is 5. The molecule has 0 unspecified atom stereocenters. The van der Waals surface area contributed by atoms with Crippen LogP contribution in [-0.4, -0.2) is 99.3 Å². The molecule has 0 atom stereocenters. The number of aliphatic imine (C=N–C) groups is 4. The summed E-state index contributed by atoms with van der Waals surface area (Å²) in [6.07, 6.45) is 0. The number of methoxy groups -OCH3 is 1. The van der Waals surface area contributed by atoms with Crippen molar-refractivity contribution >= 4 is 105 Å². The molecule has 4 aliphatic heterocycles. The molecule has 6 heterocycles. The van der Waals surface area contributed by atoms with Crippen molar-refractivity contribution in [3.8, 4) is 16.9 Å². The van der Waals surface area contributed by atoms with Gasteiger partial charge in [-0.05, 0) is 0 Å². The van der Waals surface area contributed by atoms with Gasteiger partial charge in [0.1, 0.15) is 0 Å². The van der Waals surface area contributed by atoms with Gasteiger partial charge in [-0.25, -0.2) is 0 Å². The Bertz CT molecular complexity index is 3880. The maximum atomic E-state index is 12.4. The average molecular weight is 1010 g/mol. The van der Waals surface area contributed by atoms with Crippen molar-refractivity contribution < 1.29 is 138 Å². The molecule has 4 aliphatic rings. The molecule has 0 spiro atoms. The Balaban J connectivity index is 0.00000158. The van der Waals surface area contributed by atoms with Gasteiger partial charge in [-0.1, -0.05) is 0 Å². The molecule has 11 rings (SSSR count). The second-order valence-electron chi connectivity index (χ2n) is 14.1. The van der Waals surface area contributed by atoms with Gasteiger partial charge < -0.3 is 5.48 Å². The molecule has 7 aromatic rings. The molecule has 65 heavy (non-hydrogen) atoms. The number of benzene rings is 5. The first-order chi connectivity index (χ1) is 29.0. The number of hydrogen-bond acceptors (Lipinski definition) is 16. The molecule has 26 heteroatoms. The second kappa shape index (κ2) is 17.6. The van der Waals surface area contributed by atoms with Gasteiger partial charge in [0.15, 0.2) is 0 Å². The number of nitrogens with zero attached hydrogens (tertiary/aromatic N) is 8. The van der Waals surface area contributed by atoms with Crippen LogP contribution in [-0.2, 0) is 30.4 Å². The van der Waals surface area contributed by atoms with E-state index in [1.54, 1.807) is 10.4 Å². The summed E-state index contributed by atoms with van der Waals surface area (Å²) >= 11 is -2.31. The van der Waals surface area contributed by atoms with Crippen molar-refractivity contribution in [2.75, 3.05) is 7.11 Å². The van der Waals surface area contributed by atoms with E-state index in [1.165, 1.54) is 36.4 Å². The Hall–Kier alpha value is -3.41. The van der Waals surface area contributed by atoms with Crippen LogP contribution in [0.3, 0.4) is 0 Å². The molecular weight excluding hydrogens is 991 g/mol. The zero-order chi connectivity index (χ0) is 42.3. The van der Waals surface area contributed by atoms with Crippen molar-refractivity contribution in [3.63, 3.8) is 0 Å². The van der Waals surface area contributed by atoms with E-state index in [1.807, 2.05) is 45.7 Å². The maximum absolute atomic E-state index is 12.4. The standard InChI is InChI=1S/C39H22N8O10S3.Ga.3Na.H2O/c1-57-20-5-2-18(3-6-20)19-4-10-24-28(14-19)36-40-32(24)42-37-30-16-22(59(51,52)53)8-12-26(30)34(44-37)46-39-31-17-23(60(54,55)56)9-13-27(31)35(47-39)45-38-29-15-21(58(48,49)50)7-11-25(29)33(41-36)43-38;;;;;/h2-17H,1H3,(H3-2,40,41,42,43,44,45,46,47,48,49,50,51,52,53,54,55,56);;;;;1H2/q-2;+2;3*+1;/p-3. The Morgan fingerprint density at radius 3 is 1.46 bits per heavy atom. The van der Waals surface area contributed by atoms with E-state index in [0.29, 0.717) is 44.0 Å². The number of aromatic nitrogens is 2. The fourth-order valence-electron chi connectivity index (χ4n) is 7.76. The van der Waals surface area contributed by atoms with Crippen molar-refractivity contribution in [2.24, 2.45) is 30.0 Å². The van der Waals surface area contributed by atoms with Gasteiger partial charge in [0, 0.05) is 0 Å². The predicted molar refractivity (Wildman–Crippen MR) is 221 cm³/mol. The first-order valence-electron chi connectivity index (χ1n) is 17.8. The second-order valence-corrected chi connectivity index (χ2v) is 20.9. The molecule has 5 aromatic carbocycles. The molecule has 307 valence electrons. The Morgan fingerprint density at radius 2 is 0.908 bits per heavy atom. The minimum Gasteiger partial charge on any atom is -0.412 e. The minimum atomic E-state index is -4.99. The Morgan fingerprint density at radius 1 is 0.462 bits per heavy atom. The van der Waals surface area contributed by atoms with Gasteiger partial charge in [-0.2, -0.15) is 0 Å². The Labute approximate surface area is 442 Å². The number of ether oxygens (including phenoxy) is 1. The van der Waals surface area contributed by atoms with E-state index in [9.17, 15) is 38.9 Å². The molecule has 0 amide bonds. The zero-order valence-corrected chi connectivity index (χ0v) is 45.1. The van der Waals surface area contributed by atoms with Crippen LogP contribution in [0.4, 0.5) is 11.6 Å². The van der Waals surface area contributed by atoms with Gasteiger partial charge >= 0.3 is 443 Å². The molecule has 6 bridgehead atoms. The van der Waals surface area contributed by atoms with Gasteiger partial charge in [0.05, 0.1) is 0 Å². The summed E-state index contributed by atoms with van der Waals surface area (Å²) in [6, 6.07) is 24.3. The van der Waals surface area contributed by atoms with E-state index >= 15 is 0 Å². The van der Waals surface area contributed by atoms with Crippen molar-refractivity contribution in [1.29, 1.82) is 0 Å². The van der Waals surface area contributed by atoms with E-state index in [4.69, 9.17) is 34.7 Å². The van der Waals surface area contributed by atoms with E-state index in [2.05, 4.69) is 0 Å². The van der Waals surface area contributed by atoms with Crippen LogP contribution < -0.4 is 104 Å². The molecule has 0 aliphatic carbocycles. The number of amidine groups is 4. The summed E-state index contributed by atoms with van der Waals surface area (Å²) in [5.41, 5.74) is 3.36. The van der Waals surface area contributed by atoms with E-state index in [-0.39, 0.29) is 146 Å². The van der Waals surface area contributed by atoms with Gasteiger partial charge in [0.2, 0.25) is 0 Å². The van der Waals surface area contributed by atoms with Crippen molar-refractivity contribution in [3.05, 3.63) is 130 Å². The molecular formula is C39H21GaN8Na3O11S3. The zero-order valence-electron chi connectivity index (χ0n) is 34.2. The van der Waals surface area contributed by atoms with E-state index < -0.39 is 62.9 Å². The first kappa shape index (κ1) is 49.5. The number of hydrogen-bond donors (Lipinski definition) is 0. The minimum absolute atomic E-state index is 0. The normalized spacial score (nSPS) is 14.2. The van der Waals surface area contributed by atoms with Crippen molar-refractivity contribution in [1.82, 2.24) is 6.55 Å². The monoisotopic (exact) mass is 1010 g/mol. The van der Waals surface area contributed by atoms with Crippen LogP contribution in [0.25, 0.3) is 32.7 Å². The van der Waals surface area contributed by atoms with Gasteiger partial charge in [-0.3, -0.25) is 0 Å². The summed E-state index contributed by atoms with van der Waals surface area (Å²) in [5.74, 6) is 1.18. The van der Waals surface area contributed by atoms with Gasteiger partial charge in [-0.15, -0.1) is 0 Å². The summed E-state index contributed by atoms with van der Waals surface area (Å²) in [7, 11) is -13.3. The summed E-state index contributed by atoms with van der Waals surface area (Å²) in [5, 5.41) is 1.69. The average Bonchev–Trinajstić information content (AvgIpc) is 3.92. The smallest absolute Gasteiger partial charge is 0.412 e. The largest absolute Gasteiger partial charge is 1.00 e. The topological polar surface area (TPSA) is 296 Å². The predicted octanol–water partition coefficient (Wildman–Crippen LogP) is -6.95. The van der Waals surface area contributed by atoms with E-state index in [0.717, 1.165) is 29.3 Å². The summed E-state index contributed by atoms with van der Waals surface area (Å²) in [4.78, 5) is 28.0. The molecule has 0 saturated carbocycles. The van der Waals surface area contributed by atoms with Crippen LogP contribution in [0.1, 0.15) is 22.3 Å². The van der Waals surface area contributed by atoms with Gasteiger partial charge in [0.25, 0.3) is 0 Å². The fraction of sp³-hybridized carbons (Fsp3) is 0.0256. The third kappa shape index (κ3) is 8.27. The van der Waals surface area contributed by atoms with Crippen LogP contribution in [0.2, 0.25) is 0 Å².